The number of thiazole rings is 1. The summed E-state index contributed by atoms with van der Waals surface area (Å²) < 4.78 is 6.41. The average Bonchev–Trinajstić information content (AvgIpc) is 2.95. The van der Waals surface area contributed by atoms with Crippen molar-refractivity contribution in [3.8, 4) is 11.5 Å². The van der Waals surface area contributed by atoms with Crippen LogP contribution < -0.4 is 10.1 Å². The molecule has 0 aliphatic heterocycles. The monoisotopic (exact) mass is 384 g/mol. The first-order valence-corrected chi connectivity index (χ1v) is 8.62. The molecule has 0 aliphatic carbocycles. The van der Waals surface area contributed by atoms with E-state index < -0.39 is 0 Å². The first kappa shape index (κ1) is 16.4. The Bertz CT molecular complexity index is 805. The van der Waals surface area contributed by atoms with Crippen molar-refractivity contribution < 1.29 is 4.74 Å². The lowest BCUT2D eigenvalue weighted by Crippen LogP contribution is -1.99. The van der Waals surface area contributed by atoms with E-state index in [0.29, 0.717) is 32.6 Å². The number of ether oxygens (including phenoxy) is 1. The van der Waals surface area contributed by atoms with E-state index in [1.807, 2.05) is 24.3 Å². The molecule has 0 spiro atoms. The fourth-order valence-corrected chi connectivity index (χ4v) is 3.12. The third kappa shape index (κ3) is 4.52. The molecule has 0 atom stereocenters. The van der Waals surface area contributed by atoms with Gasteiger partial charge in [-0.15, -0.1) is 11.3 Å². The maximum atomic E-state index is 6.08. The van der Waals surface area contributed by atoms with Crippen LogP contribution in [0, 0.1) is 0 Å². The highest BCUT2D eigenvalue weighted by Gasteiger charge is 2.07. The summed E-state index contributed by atoms with van der Waals surface area (Å²) in [5.41, 5.74) is 0.789. The Morgan fingerprint density at radius 2 is 1.74 bits per heavy atom. The molecule has 118 valence electrons. The zero-order valence-corrected chi connectivity index (χ0v) is 14.8. The first-order chi connectivity index (χ1) is 11.1. The van der Waals surface area contributed by atoms with Crippen molar-refractivity contribution in [2.45, 2.75) is 6.54 Å². The van der Waals surface area contributed by atoms with Crippen LogP contribution in [0.4, 0.5) is 5.69 Å². The zero-order valence-electron chi connectivity index (χ0n) is 11.7. The van der Waals surface area contributed by atoms with E-state index in [1.165, 1.54) is 11.3 Å². The number of nitrogens with zero attached hydrogens (tertiary/aromatic N) is 1. The molecule has 0 saturated heterocycles. The number of hydrogen-bond donors (Lipinski definition) is 1. The number of anilines is 1. The van der Waals surface area contributed by atoms with Crippen LogP contribution >= 0.6 is 46.1 Å². The molecule has 3 nitrogen and oxygen atoms in total. The number of hydrogen-bond acceptors (Lipinski definition) is 4. The van der Waals surface area contributed by atoms with E-state index >= 15 is 0 Å². The van der Waals surface area contributed by atoms with Gasteiger partial charge in [-0.1, -0.05) is 34.8 Å². The minimum atomic E-state index is 0.519. The Balaban J connectivity index is 1.78. The molecule has 7 heteroatoms. The van der Waals surface area contributed by atoms with E-state index in [0.717, 1.165) is 10.6 Å². The van der Waals surface area contributed by atoms with Gasteiger partial charge < -0.3 is 10.1 Å². The van der Waals surface area contributed by atoms with Crippen LogP contribution in [-0.4, -0.2) is 4.98 Å². The fourth-order valence-electron chi connectivity index (χ4n) is 1.91. The molecule has 0 fully saturated rings. The van der Waals surface area contributed by atoms with Gasteiger partial charge in [0.15, 0.2) is 10.2 Å². The predicted octanol–water partition coefficient (Wildman–Crippen LogP) is 6.51. The molecule has 1 N–H and O–H groups in total. The second kappa shape index (κ2) is 7.41. The Morgan fingerprint density at radius 1 is 1.00 bits per heavy atom. The largest absolute Gasteiger partial charge is 0.455 e. The topological polar surface area (TPSA) is 34.1 Å². The highest BCUT2D eigenvalue weighted by molar-refractivity contribution is 7.15. The molecule has 1 heterocycles. The van der Waals surface area contributed by atoms with Crippen molar-refractivity contribution in [3.63, 3.8) is 0 Å². The summed E-state index contributed by atoms with van der Waals surface area (Å²) in [6, 6.07) is 12.6. The maximum Gasteiger partial charge on any atom is 0.183 e. The molecule has 0 radical (unpaired) electrons. The van der Waals surface area contributed by atoms with E-state index in [2.05, 4.69) is 10.3 Å². The highest BCUT2D eigenvalue weighted by atomic mass is 35.5. The first-order valence-electron chi connectivity index (χ1n) is 6.67. The Labute approximate surface area is 152 Å². The SMILES string of the molecule is Clc1ccc(Oc2ccc(Cl)cc2NCc2cnc(Cl)s2)cc1. The average molecular weight is 386 g/mol. The van der Waals surface area contributed by atoms with Crippen LogP contribution in [0.15, 0.2) is 48.7 Å². The normalized spacial score (nSPS) is 10.6. The van der Waals surface area contributed by atoms with Gasteiger partial charge in [0.05, 0.1) is 12.2 Å². The van der Waals surface area contributed by atoms with Crippen molar-refractivity contribution in [3.05, 3.63) is 68.1 Å². The minimum Gasteiger partial charge on any atom is -0.455 e. The number of halogens is 3. The quantitative estimate of drug-likeness (QED) is 0.543. The molecule has 0 amide bonds. The van der Waals surface area contributed by atoms with Crippen molar-refractivity contribution in [2.75, 3.05) is 5.32 Å². The zero-order chi connectivity index (χ0) is 16.2. The van der Waals surface area contributed by atoms with Gasteiger partial charge in [0.2, 0.25) is 0 Å². The van der Waals surface area contributed by atoms with Crippen LogP contribution in [-0.2, 0) is 6.54 Å². The van der Waals surface area contributed by atoms with Gasteiger partial charge in [0, 0.05) is 21.1 Å². The molecule has 23 heavy (non-hydrogen) atoms. The van der Waals surface area contributed by atoms with E-state index in [-0.39, 0.29) is 0 Å². The van der Waals surface area contributed by atoms with Crippen LogP contribution in [0.3, 0.4) is 0 Å². The lowest BCUT2D eigenvalue weighted by atomic mass is 10.2. The Kier molecular flexibility index (Phi) is 5.28. The second-order valence-corrected chi connectivity index (χ2v) is 7.20. The smallest absolute Gasteiger partial charge is 0.183 e. The van der Waals surface area contributed by atoms with Gasteiger partial charge in [-0.3, -0.25) is 0 Å². The summed E-state index contributed by atoms with van der Waals surface area (Å²) in [6.07, 6.45) is 1.74. The number of nitrogens with one attached hydrogen (secondary N) is 1. The molecular formula is C16H11Cl3N2OS. The Morgan fingerprint density at radius 3 is 2.43 bits per heavy atom. The molecule has 0 bridgehead atoms. The lowest BCUT2D eigenvalue weighted by Gasteiger charge is -2.13. The summed E-state index contributed by atoms with van der Waals surface area (Å²) in [4.78, 5) is 5.04. The molecule has 0 unspecified atom stereocenters. The number of aromatic nitrogens is 1. The van der Waals surface area contributed by atoms with Crippen molar-refractivity contribution in [1.29, 1.82) is 0 Å². The summed E-state index contributed by atoms with van der Waals surface area (Å²) in [5.74, 6) is 1.37. The van der Waals surface area contributed by atoms with Crippen molar-refractivity contribution in [2.24, 2.45) is 0 Å². The lowest BCUT2D eigenvalue weighted by molar-refractivity contribution is 0.484. The minimum absolute atomic E-state index is 0.519. The van der Waals surface area contributed by atoms with E-state index in [9.17, 15) is 0 Å². The van der Waals surface area contributed by atoms with Crippen LogP contribution in [0.1, 0.15) is 4.88 Å². The number of benzene rings is 2. The third-order valence-corrected chi connectivity index (χ3v) is 4.56. The van der Waals surface area contributed by atoms with Gasteiger partial charge >= 0.3 is 0 Å². The van der Waals surface area contributed by atoms with Gasteiger partial charge in [0.1, 0.15) is 5.75 Å². The summed E-state index contributed by atoms with van der Waals surface area (Å²) in [7, 11) is 0. The molecule has 3 aromatic rings. The van der Waals surface area contributed by atoms with Crippen LogP contribution in [0.2, 0.25) is 14.5 Å². The van der Waals surface area contributed by atoms with Crippen LogP contribution in [0.5, 0.6) is 11.5 Å². The predicted molar refractivity (Wildman–Crippen MR) is 97.4 cm³/mol. The van der Waals surface area contributed by atoms with Gasteiger partial charge in [-0.2, -0.15) is 0 Å². The standard InChI is InChI=1S/C16H11Cl3N2OS/c17-10-1-4-12(5-2-10)22-15-6-3-11(18)7-14(15)20-8-13-9-21-16(19)23-13/h1-7,9,20H,8H2. The van der Waals surface area contributed by atoms with E-state index in [4.69, 9.17) is 39.5 Å². The van der Waals surface area contributed by atoms with Crippen LogP contribution in [0.25, 0.3) is 0 Å². The molecular weight excluding hydrogens is 375 g/mol. The summed E-state index contributed by atoms with van der Waals surface area (Å²) >= 11 is 19.2. The molecule has 2 aromatic carbocycles. The Hall–Kier alpha value is -1.46. The van der Waals surface area contributed by atoms with Gasteiger partial charge in [-0.05, 0) is 42.5 Å². The fraction of sp³-hybridized carbons (Fsp3) is 0.0625. The van der Waals surface area contributed by atoms with Crippen molar-refractivity contribution in [1.82, 2.24) is 4.98 Å². The second-order valence-electron chi connectivity index (χ2n) is 4.63. The van der Waals surface area contributed by atoms with E-state index in [1.54, 1.807) is 24.4 Å². The number of rotatable bonds is 5. The highest BCUT2D eigenvalue weighted by Crippen LogP contribution is 2.33. The van der Waals surface area contributed by atoms with Crippen molar-refractivity contribution >= 4 is 51.8 Å². The maximum absolute atomic E-state index is 6.08. The molecule has 1 aromatic heterocycles. The molecule has 0 aliphatic rings. The third-order valence-electron chi connectivity index (χ3n) is 2.96. The van der Waals surface area contributed by atoms with Gasteiger partial charge in [-0.25, -0.2) is 4.98 Å². The molecule has 0 saturated carbocycles. The summed E-state index contributed by atoms with van der Waals surface area (Å²) in [6.45, 7) is 0.585. The van der Waals surface area contributed by atoms with Gasteiger partial charge in [0.25, 0.3) is 0 Å². The summed E-state index contributed by atoms with van der Waals surface area (Å²) in [5, 5.41) is 4.58. The molecule has 3 rings (SSSR count).